The lowest BCUT2D eigenvalue weighted by atomic mass is 9.74. The van der Waals surface area contributed by atoms with Crippen LogP contribution in [-0.2, 0) is 10.2 Å². The van der Waals surface area contributed by atoms with Gasteiger partial charge in [0, 0.05) is 30.6 Å². The first-order valence-electron chi connectivity index (χ1n) is 7.73. The Labute approximate surface area is 127 Å². The summed E-state index contributed by atoms with van der Waals surface area (Å²) in [5, 5.41) is 4.49. The second-order valence-corrected chi connectivity index (χ2v) is 6.25. The molecule has 1 aliphatic rings. The first-order valence-corrected chi connectivity index (χ1v) is 8.11. The van der Waals surface area contributed by atoms with Crippen molar-refractivity contribution in [3.8, 4) is 0 Å². The van der Waals surface area contributed by atoms with E-state index in [0.29, 0.717) is 0 Å². The summed E-state index contributed by atoms with van der Waals surface area (Å²) in [7, 11) is 1.75. The topological polar surface area (TPSA) is 21.3 Å². The molecule has 3 heteroatoms. The Kier molecular flexibility index (Phi) is 6.34. The highest BCUT2D eigenvalue weighted by atomic mass is 35.5. The van der Waals surface area contributed by atoms with Crippen LogP contribution in [0.2, 0.25) is 5.02 Å². The smallest absolute Gasteiger partial charge is 0.0587 e. The van der Waals surface area contributed by atoms with Gasteiger partial charge in [0.05, 0.1) is 6.61 Å². The molecule has 1 aromatic rings. The first kappa shape index (κ1) is 15.8. The lowest BCUT2D eigenvalue weighted by Gasteiger charge is -2.34. The van der Waals surface area contributed by atoms with Crippen molar-refractivity contribution in [2.24, 2.45) is 0 Å². The van der Waals surface area contributed by atoms with Crippen molar-refractivity contribution in [1.82, 2.24) is 5.32 Å². The lowest BCUT2D eigenvalue weighted by Crippen LogP contribution is -2.39. The van der Waals surface area contributed by atoms with Gasteiger partial charge in [-0.15, -0.1) is 0 Å². The number of nitrogens with one attached hydrogen (secondary N) is 1. The van der Waals surface area contributed by atoms with Crippen molar-refractivity contribution >= 4 is 11.6 Å². The molecule has 20 heavy (non-hydrogen) atoms. The third kappa shape index (κ3) is 3.97. The summed E-state index contributed by atoms with van der Waals surface area (Å²) in [4.78, 5) is 0. The largest absolute Gasteiger partial charge is 0.383 e. The van der Waals surface area contributed by atoms with E-state index in [0.717, 1.165) is 24.7 Å². The van der Waals surface area contributed by atoms with E-state index in [2.05, 4.69) is 17.4 Å². The predicted molar refractivity (Wildman–Crippen MR) is 85.6 cm³/mol. The fourth-order valence-electron chi connectivity index (χ4n) is 3.34. The van der Waals surface area contributed by atoms with E-state index in [1.165, 1.54) is 44.1 Å². The van der Waals surface area contributed by atoms with E-state index >= 15 is 0 Å². The molecule has 0 unspecified atom stereocenters. The number of benzene rings is 1. The second-order valence-electron chi connectivity index (χ2n) is 5.84. The molecule has 0 aromatic heterocycles. The first-order chi connectivity index (χ1) is 9.78. The van der Waals surface area contributed by atoms with Gasteiger partial charge in [-0.25, -0.2) is 0 Å². The molecule has 0 spiro atoms. The maximum absolute atomic E-state index is 6.49. The van der Waals surface area contributed by atoms with Crippen LogP contribution in [0.25, 0.3) is 0 Å². The van der Waals surface area contributed by atoms with Gasteiger partial charge in [0.25, 0.3) is 0 Å². The number of hydrogen-bond donors (Lipinski definition) is 1. The minimum atomic E-state index is 0.197. The molecular formula is C17H26ClNO. The van der Waals surface area contributed by atoms with Crippen LogP contribution in [0.1, 0.15) is 44.1 Å². The molecule has 0 bridgehead atoms. The Morgan fingerprint density at radius 2 is 1.85 bits per heavy atom. The van der Waals surface area contributed by atoms with Crippen molar-refractivity contribution in [2.45, 2.75) is 43.9 Å². The number of hydrogen-bond acceptors (Lipinski definition) is 2. The van der Waals surface area contributed by atoms with Gasteiger partial charge < -0.3 is 10.1 Å². The maximum Gasteiger partial charge on any atom is 0.0587 e. The summed E-state index contributed by atoms with van der Waals surface area (Å²) < 4.78 is 5.13. The molecule has 0 atom stereocenters. The van der Waals surface area contributed by atoms with Crippen LogP contribution in [0.3, 0.4) is 0 Å². The van der Waals surface area contributed by atoms with Gasteiger partial charge in [-0.05, 0) is 24.5 Å². The van der Waals surface area contributed by atoms with Crippen LogP contribution >= 0.6 is 11.6 Å². The Hall–Kier alpha value is -0.570. The van der Waals surface area contributed by atoms with Crippen molar-refractivity contribution in [1.29, 1.82) is 0 Å². The summed E-state index contributed by atoms with van der Waals surface area (Å²) in [6, 6.07) is 8.38. The van der Waals surface area contributed by atoms with Crippen LogP contribution in [0.4, 0.5) is 0 Å². The molecule has 0 radical (unpaired) electrons. The second kappa shape index (κ2) is 8.02. The molecule has 0 amide bonds. The summed E-state index contributed by atoms with van der Waals surface area (Å²) in [5.74, 6) is 0. The van der Waals surface area contributed by atoms with Crippen LogP contribution in [-0.4, -0.2) is 26.8 Å². The highest BCUT2D eigenvalue weighted by Gasteiger charge is 2.33. The highest BCUT2D eigenvalue weighted by molar-refractivity contribution is 6.31. The fourth-order valence-corrected chi connectivity index (χ4v) is 3.68. The van der Waals surface area contributed by atoms with Gasteiger partial charge in [0.2, 0.25) is 0 Å². The van der Waals surface area contributed by atoms with E-state index < -0.39 is 0 Å². The Balaban J connectivity index is 2.16. The SMILES string of the molecule is COCCNCC1(c2ccccc2Cl)CCCCCC1. The molecule has 1 aliphatic carbocycles. The fraction of sp³-hybridized carbons (Fsp3) is 0.647. The highest BCUT2D eigenvalue weighted by Crippen LogP contribution is 2.40. The standard InChI is InChI=1S/C17H26ClNO/c1-20-13-12-19-14-17(10-6-2-3-7-11-17)15-8-4-5-9-16(15)18/h4-5,8-9,19H,2-3,6-7,10-14H2,1H3. The lowest BCUT2D eigenvalue weighted by molar-refractivity contribution is 0.195. The van der Waals surface area contributed by atoms with Gasteiger partial charge in [0.15, 0.2) is 0 Å². The zero-order valence-electron chi connectivity index (χ0n) is 12.5. The molecular weight excluding hydrogens is 270 g/mol. The van der Waals surface area contributed by atoms with Crippen LogP contribution in [0.5, 0.6) is 0 Å². The molecule has 1 fully saturated rings. The monoisotopic (exact) mass is 295 g/mol. The molecule has 1 saturated carbocycles. The Bertz CT molecular complexity index is 400. The van der Waals surface area contributed by atoms with Gasteiger partial charge in [-0.2, -0.15) is 0 Å². The van der Waals surface area contributed by atoms with Crippen molar-refractivity contribution in [3.63, 3.8) is 0 Å². The molecule has 2 nitrogen and oxygen atoms in total. The Morgan fingerprint density at radius 3 is 2.50 bits per heavy atom. The van der Waals surface area contributed by atoms with E-state index in [9.17, 15) is 0 Å². The quantitative estimate of drug-likeness (QED) is 0.628. The van der Waals surface area contributed by atoms with Crippen molar-refractivity contribution < 1.29 is 4.74 Å². The molecule has 0 heterocycles. The molecule has 1 aromatic carbocycles. The van der Waals surface area contributed by atoms with E-state index in [4.69, 9.17) is 16.3 Å². The summed E-state index contributed by atoms with van der Waals surface area (Å²) >= 11 is 6.49. The van der Waals surface area contributed by atoms with Crippen LogP contribution < -0.4 is 5.32 Å². The number of halogens is 1. The van der Waals surface area contributed by atoms with E-state index in [-0.39, 0.29) is 5.41 Å². The molecule has 1 N–H and O–H groups in total. The molecule has 112 valence electrons. The number of ether oxygens (including phenoxy) is 1. The predicted octanol–water partition coefficient (Wildman–Crippen LogP) is 4.17. The van der Waals surface area contributed by atoms with Gasteiger partial charge in [0.1, 0.15) is 0 Å². The van der Waals surface area contributed by atoms with Crippen LogP contribution in [0, 0.1) is 0 Å². The summed E-state index contributed by atoms with van der Waals surface area (Å²) in [6.45, 7) is 2.67. The van der Waals surface area contributed by atoms with Crippen molar-refractivity contribution in [2.75, 3.05) is 26.8 Å². The van der Waals surface area contributed by atoms with Crippen LogP contribution in [0.15, 0.2) is 24.3 Å². The van der Waals surface area contributed by atoms with Gasteiger partial charge in [-0.3, -0.25) is 0 Å². The average molecular weight is 296 g/mol. The minimum Gasteiger partial charge on any atom is -0.383 e. The summed E-state index contributed by atoms with van der Waals surface area (Å²) in [5.41, 5.74) is 1.52. The minimum absolute atomic E-state index is 0.197. The van der Waals surface area contributed by atoms with Gasteiger partial charge in [-0.1, -0.05) is 55.5 Å². The number of rotatable bonds is 6. The molecule has 0 aliphatic heterocycles. The third-order valence-electron chi connectivity index (χ3n) is 4.45. The number of methoxy groups -OCH3 is 1. The normalized spacial score (nSPS) is 18.7. The average Bonchev–Trinajstić information content (AvgIpc) is 2.71. The zero-order chi connectivity index (χ0) is 14.3. The summed E-state index contributed by atoms with van der Waals surface area (Å²) in [6.07, 6.45) is 7.77. The van der Waals surface area contributed by atoms with E-state index in [1.54, 1.807) is 7.11 Å². The van der Waals surface area contributed by atoms with Gasteiger partial charge >= 0.3 is 0 Å². The molecule has 0 saturated heterocycles. The van der Waals surface area contributed by atoms with Crippen molar-refractivity contribution in [3.05, 3.63) is 34.9 Å². The molecule has 2 rings (SSSR count). The Morgan fingerprint density at radius 1 is 1.15 bits per heavy atom. The third-order valence-corrected chi connectivity index (χ3v) is 4.78. The maximum atomic E-state index is 6.49. The zero-order valence-corrected chi connectivity index (χ0v) is 13.2. The van der Waals surface area contributed by atoms with E-state index in [1.807, 2.05) is 12.1 Å².